The molecule has 0 amide bonds. The van der Waals surface area contributed by atoms with Gasteiger partial charge in [0.15, 0.2) is 17.7 Å². The highest BCUT2D eigenvalue weighted by Gasteiger charge is 2.49. The van der Waals surface area contributed by atoms with E-state index in [0.29, 0.717) is 42.9 Å². The molecule has 1 unspecified atom stereocenters. The molecule has 2 aliphatic rings. The zero-order valence-electron chi connectivity index (χ0n) is 25.8. The van der Waals surface area contributed by atoms with Gasteiger partial charge < -0.3 is 43.9 Å². The summed E-state index contributed by atoms with van der Waals surface area (Å²) in [6.07, 6.45) is -6.98. The van der Waals surface area contributed by atoms with Crippen LogP contribution in [0, 0.1) is 17.5 Å². The van der Waals surface area contributed by atoms with Gasteiger partial charge in [0.2, 0.25) is 6.29 Å². The number of aromatic nitrogens is 1. The number of ether oxygens (including phenoxy) is 4. The summed E-state index contributed by atoms with van der Waals surface area (Å²) in [4.78, 5) is 25.5. The first-order valence-corrected chi connectivity index (χ1v) is 15.4. The summed E-state index contributed by atoms with van der Waals surface area (Å²) in [7, 11) is 0. The first kappa shape index (κ1) is 34.1. The van der Waals surface area contributed by atoms with E-state index in [1.165, 1.54) is 30.3 Å². The van der Waals surface area contributed by atoms with Crippen molar-refractivity contribution in [2.75, 3.05) is 19.8 Å². The van der Waals surface area contributed by atoms with Crippen LogP contribution in [0.25, 0.3) is 27.7 Å². The molecule has 0 radical (unpaired) electrons. The van der Waals surface area contributed by atoms with Gasteiger partial charge in [-0.25, -0.2) is 22.8 Å². The SMILES string of the molecule is C=CCOC(=O)[C@H]1OC(OC(=O)c2ccc(-c3c(C4CCOCC4)n(-c4ccc(F)c(F)c4)c4cc(F)cc(O)c34)cc2)[C@H](O)[C@@H](O)[C@@H]1O. The molecule has 2 saturated heterocycles. The molecule has 258 valence electrons. The fourth-order valence-corrected chi connectivity index (χ4v) is 6.24. The van der Waals surface area contributed by atoms with E-state index in [1.54, 1.807) is 16.7 Å². The molecule has 0 aliphatic carbocycles. The third-order valence-corrected chi connectivity index (χ3v) is 8.60. The lowest BCUT2D eigenvalue weighted by Crippen LogP contribution is -2.60. The summed E-state index contributed by atoms with van der Waals surface area (Å²) < 4.78 is 65.9. The second-order valence-electron chi connectivity index (χ2n) is 11.7. The minimum atomic E-state index is -1.91. The Labute approximate surface area is 277 Å². The zero-order valence-corrected chi connectivity index (χ0v) is 25.8. The Balaban J connectivity index is 1.38. The normalized spacial score (nSPS) is 22.9. The molecule has 4 N–H and O–H groups in total. The smallest absolute Gasteiger partial charge is 0.340 e. The number of phenolic OH excluding ortho intramolecular Hbond substituents is 1. The molecular weight excluding hydrogens is 651 g/mol. The van der Waals surface area contributed by atoms with Gasteiger partial charge in [-0.3, -0.25) is 0 Å². The molecule has 49 heavy (non-hydrogen) atoms. The highest BCUT2D eigenvalue weighted by Crippen LogP contribution is 2.47. The molecule has 0 saturated carbocycles. The largest absolute Gasteiger partial charge is 0.507 e. The van der Waals surface area contributed by atoms with E-state index in [9.17, 15) is 43.2 Å². The molecule has 1 aromatic heterocycles. The van der Waals surface area contributed by atoms with Crippen LogP contribution in [-0.4, -0.2) is 87.5 Å². The topological polar surface area (TPSA) is 157 Å². The molecule has 0 bridgehead atoms. The van der Waals surface area contributed by atoms with Gasteiger partial charge in [0.05, 0.1) is 16.5 Å². The van der Waals surface area contributed by atoms with E-state index in [4.69, 9.17) is 18.9 Å². The number of esters is 2. The van der Waals surface area contributed by atoms with Crippen molar-refractivity contribution in [1.82, 2.24) is 4.57 Å². The monoisotopic (exact) mass is 683 g/mol. The highest BCUT2D eigenvalue weighted by molar-refractivity contribution is 6.04. The lowest BCUT2D eigenvalue weighted by molar-refractivity contribution is -0.279. The fourth-order valence-electron chi connectivity index (χ4n) is 6.24. The molecule has 11 nitrogen and oxygen atoms in total. The maximum atomic E-state index is 14.8. The molecule has 6 rings (SSSR count). The number of carbonyl (C=O) groups is 2. The first-order valence-electron chi connectivity index (χ1n) is 15.4. The second-order valence-corrected chi connectivity index (χ2v) is 11.7. The van der Waals surface area contributed by atoms with Gasteiger partial charge in [-0.05, 0) is 48.7 Å². The number of aromatic hydroxyl groups is 1. The van der Waals surface area contributed by atoms with E-state index in [2.05, 4.69) is 6.58 Å². The maximum absolute atomic E-state index is 14.8. The average Bonchev–Trinajstić information content (AvgIpc) is 3.44. The van der Waals surface area contributed by atoms with Crippen molar-refractivity contribution in [3.05, 3.63) is 96.0 Å². The van der Waals surface area contributed by atoms with Crippen LogP contribution in [0.5, 0.6) is 5.75 Å². The molecule has 3 heterocycles. The molecule has 5 atom stereocenters. The van der Waals surface area contributed by atoms with Crippen LogP contribution >= 0.6 is 0 Å². The van der Waals surface area contributed by atoms with Gasteiger partial charge in [0.25, 0.3) is 0 Å². The molecule has 14 heteroatoms. The number of benzene rings is 3. The number of phenols is 1. The summed E-state index contributed by atoms with van der Waals surface area (Å²) in [5.41, 5.74) is 1.89. The fraction of sp³-hybridized carbons (Fsp3) is 0.314. The summed E-state index contributed by atoms with van der Waals surface area (Å²) in [6.45, 7) is 4.00. The van der Waals surface area contributed by atoms with Gasteiger partial charge >= 0.3 is 11.9 Å². The van der Waals surface area contributed by atoms with E-state index in [-0.39, 0.29) is 34.7 Å². The highest BCUT2D eigenvalue weighted by atomic mass is 19.2. The number of hydrogen-bond donors (Lipinski definition) is 4. The predicted molar refractivity (Wildman–Crippen MR) is 166 cm³/mol. The molecule has 2 aliphatic heterocycles. The summed E-state index contributed by atoms with van der Waals surface area (Å²) in [5, 5.41) is 42.2. The lowest BCUT2D eigenvalue weighted by atomic mass is 9.89. The Bertz CT molecular complexity index is 1890. The standard InChI is InChI=1S/C35H32F3NO10/c1-2-11-47-34(45)32-30(42)29(41)31(43)35(48-32)49-33(44)19-5-3-17(4-6-19)26-27-24(14-20(36)15-25(27)40)39(21-7-8-22(37)23(38)16-21)28(26)18-9-12-46-13-10-18/h2-8,14-16,18,29-32,35,40-43H,1,9-13H2/t29-,30-,31+,32-,35?/m0/s1. The molecule has 4 aromatic rings. The van der Waals surface area contributed by atoms with Gasteiger partial charge in [0.1, 0.15) is 36.5 Å². The van der Waals surface area contributed by atoms with Gasteiger partial charge in [-0.2, -0.15) is 0 Å². The van der Waals surface area contributed by atoms with Crippen molar-refractivity contribution >= 4 is 22.8 Å². The molecule has 3 aromatic carbocycles. The maximum Gasteiger partial charge on any atom is 0.340 e. The van der Waals surface area contributed by atoms with Crippen LogP contribution in [0.2, 0.25) is 0 Å². The van der Waals surface area contributed by atoms with Gasteiger partial charge in [-0.1, -0.05) is 24.8 Å². The van der Waals surface area contributed by atoms with Gasteiger partial charge in [-0.15, -0.1) is 0 Å². The summed E-state index contributed by atoms with van der Waals surface area (Å²) in [6, 6.07) is 11.3. The third-order valence-electron chi connectivity index (χ3n) is 8.60. The number of aliphatic hydroxyl groups excluding tert-OH is 3. The van der Waals surface area contributed by atoms with Crippen molar-refractivity contribution < 1.29 is 62.1 Å². The first-order chi connectivity index (χ1) is 23.5. The van der Waals surface area contributed by atoms with Crippen LogP contribution in [0.4, 0.5) is 13.2 Å². The number of fused-ring (bicyclic) bond motifs is 1. The molecule has 0 spiro atoms. The number of halogens is 3. The Morgan fingerprint density at radius 3 is 2.33 bits per heavy atom. The minimum absolute atomic E-state index is 0.0434. The summed E-state index contributed by atoms with van der Waals surface area (Å²) in [5.74, 6) is -5.63. The summed E-state index contributed by atoms with van der Waals surface area (Å²) >= 11 is 0. The number of nitrogens with zero attached hydrogens (tertiary/aromatic N) is 1. The third kappa shape index (κ3) is 6.53. The van der Waals surface area contributed by atoms with Crippen molar-refractivity contribution in [3.8, 4) is 22.6 Å². The quantitative estimate of drug-likeness (QED) is 0.158. The number of hydrogen-bond acceptors (Lipinski definition) is 10. The van der Waals surface area contributed by atoms with Crippen molar-refractivity contribution in [2.45, 2.75) is 49.5 Å². The Morgan fingerprint density at radius 2 is 1.65 bits per heavy atom. The average molecular weight is 684 g/mol. The minimum Gasteiger partial charge on any atom is -0.507 e. The van der Waals surface area contributed by atoms with E-state index < -0.39 is 65.8 Å². The number of rotatable bonds is 8. The second kappa shape index (κ2) is 14.0. The van der Waals surface area contributed by atoms with Crippen LogP contribution in [0.3, 0.4) is 0 Å². The Kier molecular flexibility index (Phi) is 9.77. The van der Waals surface area contributed by atoms with Crippen LogP contribution in [-0.2, 0) is 23.7 Å². The molecule has 2 fully saturated rings. The number of aliphatic hydroxyl groups is 3. The van der Waals surface area contributed by atoms with Crippen LogP contribution in [0.15, 0.2) is 67.3 Å². The van der Waals surface area contributed by atoms with Crippen LogP contribution < -0.4 is 0 Å². The van der Waals surface area contributed by atoms with E-state index in [1.807, 2.05) is 0 Å². The van der Waals surface area contributed by atoms with E-state index in [0.717, 1.165) is 18.2 Å². The molecular formula is C35H32F3NO10. The van der Waals surface area contributed by atoms with Crippen molar-refractivity contribution in [2.24, 2.45) is 0 Å². The predicted octanol–water partition coefficient (Wildman–Crippen LogP) is 4.01. The zero-order chi connectivity index (χ0) is 35.0. The number of carbonyl (C=O) groups excluding carboxylic acids is 2. The lowest BCUT2D eigenvalue weighted by Gasteiger charge is -2.38. The van der Waals surface area contributed by atoms with Crippen LogP contribution in [0.1, 0.15) is 34.8 Å². The van der Waals surface area contributed by atoms with Crippen molar-refractivity contribution in [1.29, 1.82) is 0 Å². The van der Waals surface area contributed by atoms with Crippen molar-refractivity contribution in [3.63, 3.8) is 0 Å². The van der Waals surface area contributed by atoms with E-state index >= 15 is 0 Å². The Hall–Kier alpha value is -4.73. The van der Waals surface area contributed by atoms with Gasteiger partial charge in [0, 0.05) is 48.2 Å². The Morgan fingerprint density at radius 1 is 0.939 bits per heavy atom.